The van der Waals surface area contributed by atoms with Crippen LogP contribution in [0, 0.1) is 0 Å². The molecule has 0 unspecified atom stereocenters. The second kappa shape index (κ2) is 3.30. The van der Waals surface area contributed by atoms with Gasteiger partial charge in [0.2, 0.25) is 0 Å². The lowest BCUT2D eigenvalue weighted by Gasteiger charge is -2.08. The highest BCUT2D eigenvalue weighted by atomic mass is 16.4. The number of hydrogen-bond donors (Lipinski definition) is 2. The standard InChI is InChI=1S/C14H6O6/c15-7-3-1-5-9-10-6(14(18)20-11(7)9)2-4-8(16)12(10)19-13(5)17/h1-4,15-16H. The Balaban J connectivity index is 2.58. The van der Waals surface area contributed by atoms with E-state index in [2.05, 4.69) is 0 Å². The molecule has 4 aromatic rings. The van der Waals surface area contributed by atoms with E-state index >= 15 is 0 Å². The van der Waals surface area contributed by atoms with Crippen LogP contribution >= 0.6 is 0 Å². The Morgan fingerprint density at radius 3 is 1.50 bits per heavy atom. The van der Waals surface area contributed by atoms with Gasteiger partial charge in [-0.25, -0.2) is 9.59 Å². The van der Waals surface area contributed by atoms with Gasteiger partial charge < -0.3 is 19.0 Å². The molecule has 20 heavy (non-hydrogen) atoms. The first-order chi connectivity index (χ1) is 9.58. The Kier molecular flexibility index (Phi) is 1.79. The number of aromatic hydroxyl groups is 2. The Morgan fingerprint density at radius 1 is 0.700 bits per heavy atom. The van der Waals surface area contributed by atoms with Crippen molar-refractivity contribution in [3.8, 4) is 11.5 Å². The van der Waals surface area contributed by atoms with Crippen molar-refractivity contribution in [2.75, 3.05) is 0 Å². The van der Waals surface area contributed by atoms with Crippen LogP contribution < -0.4 is 11.3 Å². The fourth-order valence-corrected chi connectivity index (χ4v) is 2.48. The van der Waals surface area contributed by atoms with Gasteiger partial charge in [-0.15, -0.1) is 0 Å². The number of phenolic OH excluding ortho intramolecular Hbond substituents is 2. The summed E-state index contributed by atoms with van der Waals surface area (Å²) in [6, 6.07) is 5.27. The van der Waals surface area contributed by atoms with E-state index in [9.17, 15) is 19.8 Å². The highest BCUT2D eigenvalue weighted by Gasteiger charge is 2.20. The fraction of sp³-hybridized carbons (Fsp3) is 0. The molecule has 0 atom stereocenters. The van der Waals surface area contributed by atoms with Gasteiger partial charge >= 0.3 is 11.3 Å². The molecule has 0 bridgehead atoms. The normalized spacial score (nSPS) is 11.8. The largest absolute Gasteiger partial charge is 0.504 e. The monoisotopic (exact) mass is 270 g/mol. The molecule has 2 heterocycles. The molecule has 6 nitrogen and oxygen atoms in total. The van der Waals surface area contributed by atoms with Gasteiger partial charge in [0, 0.05) is 10.8 Å². The van der Waals surface area contributed by atoms with Crippen LogP contribution in [0.15, 0.2) is 42.7 Å². The Bertz CT molecular complexity index is 1010. The Labute approximate surface area is 109 Å². The smallest absolute Gasteiger partial charge is 0.344 e. The zero-order valence-electron chi connectivity index (χ0n) is 9.84. The summed E-state index contributed by atoms with van der Waals surface area (Å²) in [4.78, 5) is 23.9. The number of hydrogen-bond acceptors (Lipinski definition) is 6. The summed E-state index contributed by atoms with van der Waals surface area (Å²) < 4.78 is 10.1. The third kappa shape index (κ3) is 1.13. The average Bonchev–Trinajstić information content (AvgIpc) is 2.42. The molecule has 0 aliphatic heterocycles. The van der Waals surface area contributed by atoms with Crippen LogP contribution in [0.5, 0.6) is 11.5 Å². The lowest BCUT2D eigenvalue weighted by molar-refractivity contribution is 0.454. The van der Waals surface area contributed by atoms with Crippen LogP contribution in [-0.2, 0) is 0 Å². The first-order valence-electron chi connectivity index (χ1n) is 5.74. The average molecular weight is 270 g/mol. The van der Waals surface area contributed by atoms with Gasteiger partial charge in [0.15, 0.2) is 22.7 Å². The molecule has 0 aliphatic rings. The minimum Gasteiger partial charge on any atom is -0.504 e. The van der Waals surface area contributed by atoms with Crippen LogP contribution in [0.2, 0.25) is 0 Å². The predicted octanol–water partition coefficient (Wildman–Crippen LogP) is 1.90. The van der Waals surface area contributed by atoms with Gasteiger partial charge in [-0.1, -0.05) is 0 Å². The second-order valence-electron chi connectivity index (χ2n) is 4.45. The molecule has 2 aromatic heterocycles. The third-order valence-electron chi connectivity index (χ3n) is 3.35. The van der Waals surface area contributed by atoms with Crippen molar-refractivity contribution >= 4 is 32.7 Å². The van der Waals surface area contributed by atoms with Crippen LogP contribution in [0.25, 0.3) is 32.7 Å². The van der Waals surface area contributed by atoms with Crippen molar-refractivity contribution in [3.05, 3.63) is 45.1 Å². The fourth-order valence-electron chi connectivity index (χ4n) is 2.48. The van der Waals surface area contributed by atoms with Gasteiger partial charge in [-0.05, 0) is 24.3 Å². The molecule has 0 amide bonds. The zero-order chi connectivity index (χ0) is 14.0. The molecule has 0 spiro atoms. The zero-order valence-corrected chi connectivity index (χ0v) is 9.84. The van der Waals surface area contributed by atoms with Crippen LogP contribution in [0.4, 0.5) is 0 Å². The lowest BCUT2D eigenvalue weighted by Crippen LogP contribution is -2.06. The van der Waals surface area contributed by atoms with E-state index in [1.165, 1.54) is 24.3 Å². The summed E-state index contributed by atoms with van der Waals surface area (Å²) in [5.41, 5.74) is -1.55. The van der Waals surface area contributed by atoms with E-state index in [0.29, 0.717) is 0 Å². The molecule has 2 aromatic carbocycles. The first-order valence-corrected chi connectivity index (χ1v) is 5.74. The van der Waals surface area contributed by atoms with Crippen LogP contribution in [-0.4, -0.2) is 10.2 Å². The van der Waals surface area contributed by atoms with Crippen LogP contribution in [0.1, 0.15) is 0 Å². The molecule has 0 saturated heterocycles. The van der Waals surface area contributed by atoms with Crippen molar-refractivity contribution in [1.29, 1.82) is 0 Å². The van der Waals surface area contributed by atoms with Crippen molar-refractivity contribution in [1.82, 2.24) is 0 Å². The molecule has 2 N–H and O–H groups in total. The minimum absolute atomic E-state index is 0.0940. The molecule has 98 valence electrons. The maximum Gasteiger partial charge on any atom is 0.344 e. The maximum atomic E-state index is 11.9. The molecular weight excluding hydrogens is 264 g/mol. The quantitative estimate of drug-likeness (QED) is 0.374. The Morgan fingerprint density at radius 2 is 1.10 bits per heavy atom. The summed E-state index contributed by atoms with van der Waals surface area (Å²) in [5, 5.41) is 20.5. The molecule has 0 saturated carbocycles. The number of benzene rings is 2. The lowest BCUT2D eigenvalue weighted by atomic mass is 10.0. The van der Waals surface area contributed by atoms with Gasteiger partial charge in [0.05, 0.1) is 10.8 Å². The van der Waals surface area contributed by atoms with E-state index < -0.39 is 11.3 Å². The highest BCUT2D eigenvalue weighted by molar-refractivity contribution is 6.21. The van der Waals surface area contributed by atoms with E-state index in [1.807, 2.05) is 0 Å². The summed E-state index contributed by atoms with van der Waals surface area (Å²) in [6.45, 7) is 0. The Hall–Kier alpha value is -3.02. The van der Waals surface area contributed by atoms with Gasteiger partial charge in [-0.3, -0.25) is 0 Å². The highest BCUT2D eigenvalue weighted by Crippen LogP contribution is 2.37. The van der Waals surface area contributed by atoms with Gasteiger partial charge in [0.1, 0.15) is 0 Å². The minimum atomic E-state index is -0.681. The molecule has 0 radical (unpaired) electrons. The van der Waals surface area contributed by atoms with Crippen molar-refractivity contribution < 1.29 is 19.0 Å². The number of rotatable bonds is 0. The van der Waals surface area contributed by atoms with Crippen molar-refractivity contribution in [2.45, 2.75) is 0 Å². The van der Waals surface area contributed by atoms with Gasteiger partial charge in [0.25, 0.3) is 0 Å². The predicted molar refractivity (Wildman–Crippen MR) is 70.5 cm³/mol. The number of phenols is 2. The summed E-state index contributed by atoms with van der Waals surface area (Å²) in [6.07, 6.45) is 0. The summed E-state index contributed by atoms with van der Waals surface area (Å²) in [7, 11) is 0. The summed E-state index contributed by atoms with van der Waals surface area (Å²) in [5.74, 6) is -0.515. The third-order valence-corrected chi connectivity index (χ3v) is 3.35. The van der Waals surface area contributed by atoms with Crippen molar-refractivity contribution in [3.63, 3.8) is 0 Å². The maximum absolute atomic E-state index is 11.9. The topological polar surface area (TPSA) is 101 Å². The van der Waals surface area contributed by atoms with E-state index in [4.69, 9.17) is 8.83 Å². The van der Waals surface area contributed by atoms with E-state index in [0.717, 1.165) is 0 Å². The second-order valence-corrected chi connectivity index (χ2v) is 4.45. The van der Waals surface area contributed by atoms with Crippen molar-refractivity contribution in [2.24, 2.45) is 0 Å². The van der Waals surface area contributed by atoms with E-state index in [-0.39, 0.29) is 44.2 Å². The summed E-state index contributed by atoms with van der Waals surface area (Å²) >= 11 is 0. The first kappa shape index (κ1) is 10.9. The van der Waals surface area contributed by atoms with E-state index in [1.54, 1.807) is 0 Å². The SMILES string of the molecule is O=c1oc2c(O)ccc3c(=O)oc4c(O)ccc1c4c23. The molecule has 4 rings (SSSR count). The molecule has 6 heteroatoms. The van der Waals surface area contributed by atoms with Crippen LogP contribution in [0.3, 0.4) is 0 Å². The molecular formula is C14H6O6. The molecule has 0 aliphatic carbocycles. The van der Waals surface area contributed by atoms with Gasteiger partial charge in [-0.2, -0.15) is 0 Å². The molecule has 0 fully saturated rings.